The number of amides is 1. The van der Waals surface area contributed by atoms with Crippen LogP contribution < -0.4 is 5.32 Å². The maximum absolute atomic E-state index is 13.5. The fourth-order valence-electron chi connectivity index (χ4n) is 2.34. The van der Waals surface area contributed by atoms with Crippen LogP contribution in [0.3, 0.4) is 0 Å². The zero-order chi connectivity index (χ0) is 16.2. The van der Waals surface area contributed by atoms with E-state index in [1.165, 1.54) is 12.1 Å². The zero-order valence-electron chi connectivity index (χ0n) is 12.6. The number of halogens is 1. The molecule has 0 bridgehead atoms. The molecule has 0 saturated carbocycles. The molecular weight excluding hydrogens is 293 g/mol. The summed E-state index contributed by atoms with van der Waals surface area (Å²) in [4.78, 5) is 12.1. The minimum atomic E-state index is -0.321. The average molecular weight is 309 g/mol. The van der Waals surface area contributed by atoms with Crippen molar-refractivity contribution in [2.75, 3.05) is 0 Å². The van der Waals surface area contributed by atoms with E-state index < -0.39 is 0 Å². The van der Waals surface area contributed by atoms with Gasteiger partial charge in [-0.3, -0.25) is 9.89 Å². The maximum atomic E-state index is 13.5. The first kappa shape index (κ1) is 15.0. The Kier molecular flexibility index (Phi) is 4.19. The summed E-state index contributed by atoms with van der Waals surface area (Å²) in [7, 11) is 0. The van der Waals surface area contributed by atoms with Gasteiger partial charge in [0, 0.05) is 12.1 Å². The van der Waals surface area contributed by atoms with Crippen LogP contribution in [0.1, 0.15) is 21.6 Å². The van der Waals surface area contributed by atoms with E-state index >= 15 is 0 Å². The van der Waals surface area contributed by atoms with E-state index in [1.807, 2.05) is 43.3 Å². The van der Waals surface area contributed by atoms with Crippen LogP contribution in [0.15, 0.2) is 54.6 Å². The van der Waals surface area contributed by atoms with Crippen molar-refractivity contribution in [2.45, 2.75) is 13.5 Å². The van der Waals surface area contributed by atoms with Crippen LogP contribution in [-0.4, -0.2) is 16.1 Å². The topological polar surface area (TPSA) is 57.8 Å². The summed E-state index contributed by atoms with van der Waals surface area (Å²) in [6.45, 7) is 2.25. The van der Waals surface area contributed by atoms with Crippen LogP contribution in [0.5, 0.6) is 0 Å². The largest absolute Gasteiger partial charge is 0.347 e. The molecule has 0 radical (unpaired) electrons. The van der Waals surface area contributed by atoms with E-state index in [1.54, 1.807) is 6.07 Å². The van der Waals surface area contributed by atoms with Gasteiger partial charge in [-0.05, 0) is 42.3 Å². The highest BCUT2D eigenvalue weighted by molar-refractivity contribution is 5.93. The van der Waals surface area contributed by atoms with Crippen molar-refractivity contribution >= 4 is 5.91 Å². The number of nitrogens with zero attached hydrogens (tertiary/aromatic N) is 1. The number of rotatable bonds is 4. The van der Waals surface area contributed by atoms with Crippen molar-refractivity contribution in [3.05, 3.63) is 77.2 Å². The second-order valence-electron chi connectivity index (χ2n) is 5.35. The molecular formula is C18H16FN3O. The second kappa shape index (κ2) is 6.44. The number of benzene rings is 2. The first-order valence-electron chi connectivity index (χ1n) is 7.27. The summed E-state index contributed by atoms with van der Waals surface area (Å²) in [6, 6.07) is 15.9. The highest BCUT2D eigenvalue weighted by atomic mass is 19.1. The van der Waals surface area contributed by atoms with Crippen LogP contribution in [0, 0.1) is 12.7 Å². The molecule has 0 spiro atoms. The predicted molar refractivity (Wildman–Crippen MR) is 86.3 cm³/mol. The Morgan fingerprint density at radius 3 is 2.70 bits per heavy atom. The molecule has 0 atom stereocenters. The SMILES string of the molecule is Cc1cc(F)cc(-c2cc(C(=O)NCc3ccccc3)[nH]n2)c1. The number of hydrogen-bond acceptors (Lipinski definition) is 2. The van der Waals surface area contributed by atoms with Crippen molar-refractivity contribution in [1.82, 2.24) is 15.5 Å². The van der Waals surface area contributed by atoms with E-state index in [4.69, 9.17) is 0 Å². The molecule has 0 saturated heterocycles. The summed E-state index contributed by atoms with van der Waals surface area (Å²) < 4.78 is 13.5. The Morgan fingerprint density at radius 2 is 1.96 bits per heavy atom. The number of H-pyrrole nitrogens is 1. The normalized spacial score (nSPS) is 10.5. The molecule has 0 aliphatic rings. The second-order valence-corrected chi connectivity index (χ2v) is 5.35. The summed E-state index contributed by atoms with van der Waals surface area (Å²) in [6.07, 6.45) is 0. The number of nitrogens with one attached hydrogen (secondary N) is 2. The van der Waals surface area contributed by atoms with E-state index in [-0.39, 0.29) is 11.7 Å². The van der Waals surface area contributed by atoms with Crippen LogP contribution >= 0.6 is 0 Å². The lowest BCUT2D eigenvalue weighted by Gasteiger charge is -2.03. The fraction of sp³-hybridized carbons (Fsp3) is 0.111. The van der Waals surface area contributed by atoms with Gasteiger partial charge in [0.15, 0.2) is 0 Å². The number of aromatic nitrogens is 2. The number of hydrogen-bond donors (Lipinski definition) is 2. The van der Waals surface area contributed by atoms with Crippen molar-refractivity contribution in [1.29, 1.82) is 0 Å². The molecule has 1 amide bonds. The number of aromatic amines is 1. The van der Waals surface area contributed by atoms with Gasteiger partial charge in [-0.25, -0.2) is 4.39 Å². The highest BCUT2D eigenvalue weighted by Gasteiger charge is 2.11. The van der Waals surface area contributed by atoms with Crippen LogP contribution in [0.4, 0.5) is 4.39 Å². The average Bonchev–Trinajstić information content (AvgIpc) is 3.03. The van der Waals surface area contributed by atoms with E-state index in [9.17, 15) is 9.18 Å². The molecule has 3 aromatic rings. The summed E-state index contributed by atoms with van der Waals surface area (Å²) in [5, 5.41) is 9.61. The zero-order valence-corrected chi connectivity index (χ0v) is 12.6. The molecule has 0 unspecified atom stereocenters. The first-order chi connectivity index (χ1) is 11.1. The molecule has 23 heavy (non-hydrogen) atoms. The van der Waals surface area contributed by atoms with Crippen molar-refractivity contribution < 1.29 is 9.18 Å². The van der Waals surface area contributed by atoms with E-state index in [0.717, 1.165) is 11.1 Å². The molecule has 3 rings (SSSR count). The third-order valence-corrected chi connectivity index (χ3v) is 3.46. The highest BCUT2D eigenvalue weighted by Crippen LogP contribution is 2.20. The van der Waals surface area contributed by atoms with Gasteiger partial charge in [-0.1, -0.05) is 30.3 Å². The molecule has 2 N–H and O–H groups in total. The quantitative estimate of drug-likeness (QED) is 0.775. The number of carbonyl (C=O) groups excluding carboxylic acids is 1. The third-order valence-electron chi connectivity index (χ3n) is 3.46. The summed E-state index contributed by atoms with van der Waals surface area (Å²) >= 11 is 0. The predicted octanol–water partition coefficient (Wildman–Crippen LogP) is 3.45. The molecule has 116 valence electrons. The van der Waals surface area contributed by atoms with Crippen molar-refractivity contribution in [3.8, 4) is 11.3 Å². The molecule has 5 heteroatoms. The van der Waals surface area contributed by atoms with Crippen LogP contribution in [0.2, 0.25) is 0 Å². The standard InChI is InChI=1S/C18H16FN3O/c1-12-7-14(9-15(19)8-12)16-10-17(22-21-16)18(23)20-11-13-5-3-2-4-6-13/h2-10H,11H2,1H3,(H,20,23)(H,21,22). The Labute approximate surface area is 133 Å². The van der Waals surface area contributed by atoms with Gasteiger partial charge < -0.3 is 5.32 Å². The lowest BCUT2D eigenvalue weighted by Crippen LogP contribution is -2.23. The Hall–Kier alpha value is -2.95. The summed E-state index contributed by atoms with van der Waals surface area (Å²) in [5.41, 5.74) is 3.34. The lowest BCUT2D eigenvalue weighted by molar-refractivity contribution is 0.0946. The molecule has 0 fully saturated rings. The molecule has 0 aliphatic carbocycles. The first-order valence-corrected chi connectivity index (χ1v) is 7.27. The molecule has 0 aliphatic heterocycles. The van der Waals surface area contributed by atoms with Gasteiger partial charge in [0.25, 0.3) is 5.91 Å². The third kappa shape index (κ3) is 3.63. The van der Waals surface area contributed by atoms with Gasteiger partial charge >= 0.3 is 0 Å². The molecule has 2 aromatic carbocycles. The van der Waals surface area contributed by atoms with Gasteiger partial charge in [0.1, 0.15) is 11.5 Å². The summed E-state index contributed by atoms with van der Waals surface area (Å²) in [5.74, 6) is -0.571. The van der Waals surface area contributed by atoms with Crippen molar-refractivity contribution in [2.24, 2.45) is 0 Å². The van der Waals surface area contributed by atoms with Crippen molar-refractivity contribution in [3.63, 3.8) is 0 Å². The van der Waals surface area contributed by atoms with Gasteiger partial charge in [-0.15, -0.1) is 0 Å². The van der Waals surface area contributed by atoms with E-state index in [2.05, 4.69) is 15.5 Å². The van der Waals surface area contributed by atoms with Gasteiger partial charge in [-0.2, -0.15) is 5.10 Å². The maximum Gasteiger partial charge on any atom is 0.269 e. The molecule has 1 heterocycles. The minimum absolute atomic E-state index is 0.249. The van der Waals surface area contributed by atoms with Gasteiger partial charge in [0.2, 0.25) is 0 Å². The van der Waals surface area contributed by atoms with Crippen LogP contribution in [0.25, 0.3) is 11.3 Å². The van der Waals surface area contributed by atoms with Crippen LogP contribution in [-0.2, 0) is 6.54 Å². The monoisotopic (exact) mass is 309 g/mol. The Morgan fingerprint density at radius 1 is 1.17 bits per heavy atom. The number of aryl methyl sites for hydroxylation is 1. The van der Waals surface area contributed by atoms with E-state index in [0.29, 0.717) is 23.5 Å². The lowest BCUT2D eigenvalue weighted by atomic mass is 10.1. The smallest absolute Gasteiger partial charge is 0.269 e. The Bertz CT molecular complexity index is 807. The Balaban J connectivity index is 1.72. The number of carbonyl (C=O) groups is 1. The molecule has 4 nitrogen and oxygen atoms in total. The minimum Gasteiger partial charge on any atom is -0.347 e. The van der Waals surface area contributed by atoms with Gasteiger partial charge in [0.05, 0.1) is 5.69 Å². The fourth-order valence-corrected chi connectivity index (χ4v) is 2.34. The molecule has 1 aromatic heterocycles.